The van der Waals surface area contributed by atoms with E-state index in [1.807, 2.05) is 26.2 Å². The number of hydrogen-bond donors (Lipinski definition) is 1. The van der Waals surface area contributed by atoms with Crippen molar-refractivity contribution in [2.45, 2.75) is 19.9 Å². The summed E-state index contributed by atoms with van der Waals surface area (Å²) in [6.45, 7) is 5.90. The molecule has 1 atom stereocenters. The molecule has 0 fully saturated rings. The Labute approximate surface area is 98.4 Å². The van der Waals surface area contributed by atoms with Gasteiger partial charge in [-0.2, -0.15) is 0 Å². The molecule has 1 unspecified atom stereocenters. The largest absolute Gasteiger partial charge is 0.492 e. The first-order valence-electron chi connectivity index (χ1n) is 5.77. The Hall–Kier alpha value is -1.22. The molecule has 0 aromatic heterocycles. The summed E-state index contributed by atoms with van der Waals surface area (Å²) < 4.78 is 5.72. The van der Waals surface area contributed by atoms with E-state index in [2.05, 4.69) is 36.2 Å². The third-order valence-corrected chi connectivity index (χ3v) is 2.39. The molecule has 16 heavy (non-hydrogen) atoms. The van der Waals surface area contributed by atoms with Crippen molar-refractivity contribution in [1.29, 1.82) is 0 Å². The van der Waals surface area contributed by atoms with Crippen molar-refractivity contribution in [3.05, 3.63) is 24.3 Å². The van der Waals surface area contributed by atoms with Gasteiger partial charge in [-0.15, -0.1) is 0 Å². The Morgan fingerprint density at radius 1 is 1.38 bits per heavy atom. The van der Waals surface area contributed by atoms with Crippen molar-refractivity contribution in [2.24, 2.45) is 0 Å². The second-order valence-corrected chi connectivity index (χ2v) is 4.16. The van der Waals surface area contributed by atoms with Crippen LogP contribution in [-0.4, -0.2) is 33.3 Å². The number of nitrogens with one attached hydrogen (secondary N) is 1. The van der Waals surface area contributed by atoms with Crippen LogP contribution in [-0.2, 0) is 0 Å². The van der Waals surface area contributed by atoms with Gasteiger partial charge in [0.1, 0.15) is 12.4 Å². The molecule has 0 radical (unpaired) electrons. The van der Waals surface area contributed by atoms with Gasteiger partial charge < -0.3 is 15.0 Å². The zero-order valence-corrected chi connectivity index (χ0v) is 10.7. The molecule has 1 N–H and O–H groups in total. The fourth-order valence-electron chi connectivity index (χ4n) is 1.48. The highest BCUT2D eigenvalue weighted by atomic mass is 16.5. The highest BCUT2D eigenvalue weighted by molar-refractivity contribution is 5.49. The lowest BCUT2D eigenvalue weighted by Gasteiger charge is -2.16. The second-order valence-electron chi connectivity index (χ2n) is 4.16. The Balaban J connectivity index is 2.50. The normalized spacial score (nSPS) is 12.2. The Bertz CT molecular complexity index is 313. The summed E-state index contributed by atoms with van der Waals surface area (Å²) in [6, 6.07) is 8.51. The third-order valence-electron chi connectivity index (χ3n) is 2.39. The molecule has 1 rings (SSSR count). The number of nitrogens with zero attached hydrogens (tertiary/aromatic N) is 1. The minimum Gasteiger partial charge on any atom is -0.492 e. The molecule has 0 spiro atoms. The highest BCUT2D eigenvalue weighted by Crippen LogP contribution is 2.19. The number of benzene rings is 1. The van der Waals surface area contributed by atoms with Gasteiger partial charge in [-0.25, -0.2) is 0 Å². The molecule has 3 nitrogen and oxygen atoms in total. The zero-order chi connectivity index (χ0) is 12.0. The fraction of sp³-hybridized carbons (Fsp3) is 0.538. The summed E-state index contributed by atoms with van der Waals surface area (Å²) in [4.78, 5) is 2.07. The standard InChI is InChI=1S/C13H22N2O/c1-5-14-11(2)10-16-13-8-6-7-12(9-13)15(3)4/h6-9,11,14H,5,10H2,1-4H3. The molecule has 0 heterocycles. The average molecular weight is 222 g/mol. The zero-order valence-electron chi connectivity index (χ0n) is 10.7. The quantitative estimate of drug-likeness (QED) is 0.798. The van der Waals surface area contributed by atoms with Crippen LogP contribution in [0.25, 0.3) is 0 Å². The lowest BCUT2D eigenvalue weighted by atomic mass is 10.3. The van der Waals surface area contributed by atoms with Gasteiger partial charge in [-0.3, -0.25) is 0 Å². The van der Waals surface area contributed by atoms with E-state index in [9.17, 15) is 0 Å². The van der Waals surface area contributed by atoms with Gasteiger partial charge in [-0.05, 0) is 25.6 Å². The van der Waals surface area contributed by atoms with Gasteiger partial charge in [0.15, 0.2) is 0 Å². The summed E-state index contributed by atoms with van der Waals surface area (Å²) >= 11 is 0. The van der Waals surface area contributed by atoms with Gasteiger partial charge in [-0.1, -0.05) is 13.0 Å². The topological polar surface area (TPSA) is 24.5 Å². The molecule has 90 valence electrons. The molecule has 0 aliphatic carbocycles. The number of likely N-dealkylation sites (N-methyl/N-ethyl adjacent to an activating group) is 1. The van der Waals surface area contributed by atoms with E-state index in [1.165, 1.54) is 0 Å². The number of rotatable bonds is 6. The lowest BCUT2D eigenvalue weighted by molar-refractivity contribution is 0.275. The van der Waals surface area contributed by atoms with E-state index < -0.39 is 0 Å². The Kier molecular flexibility index (Phi) is 5.12. The summed E-state index contributed by atoms with van der Waals surface area (Å²) in [5, 5.41) is 3.32. The highest BCUT2D eigenvalue weighted by Gasteiger charge is 2.02. The van der Waals surface area contributed by atoms with E-state index in [0.717, 1.165) is 18.0 Å². The van der Waals surface area contributed by atoms with Gasteiger partial charge >= 0.3 is 0 Å². The maximum Gasteiger partial charge on any atom is 0.121 e. The molecule has 0 bridgehead atoms. The van der Waals surface area contributed by atoms with E-state index in [4.69, 9.17) is 4.74 Å². The van der Waals surface area contributed by atoms with Gasteiger partial charge in [0.05, 0.1) is 0 Å². The minimum atomic E-state index is 0.382. The van der Waals surface area contributed by atoms with Crippen LogP contribution < -0.4 is 15.0 Å². The van der Waals surface area contributed by atoms with Gasteiger partial charge in [0, 0.05) is 31.9 Å². The van der Waals surface area contributed by atoms with E-state index in [0.29, 0.717) is 12.6 Å². The number of anilines is 1. The van der Waals surface area contributed by atoms with Crippen molar-refractivity contribution in [3.8, 4) is 5.75 Å². The van der Waals surface area contributed by atoms with Crippen molar-refractivity contribution in [3.63, 3.8) is 0 Å². The molecule has 1 aromatic rings. The van der Waals surface area contributed by atoms with Crippen LogP contribution in [0, 0.1) is 0 Å². The van der Waals surface area contributed by atoms with E-state index in [-0.39, 0.29) is 0 Å². The van der Waals surface area contributed by atoms with Crippen LogP contribution >= 0.6 is 0 Å². The average Bonchev–Trinajstić information content (AvgIpc) is 2.27. The van der Waals surface area contributed by atoms with Crippen molar-refractivity contribution >= 4 is 5.69 Å². The first-order chi connectivity index (χ1) is 7.63. The molecule has 0 aliphatic heterocycles. The summed E-state index contributed by atoms with van der Waals surface area (Å²) in [5.41, 5.74) is 1.16. The van der Waals surface area contributed by atoms with Crippen molar-refractivity contribution in [2.75, 3.05) is 32.1 Å². The number of ether oxygens (including phenoxy) is 1. The lowest BCUT2D eigenvalue weighted by Crippen LogP contribution is -2.31. The summed E-state index contributed by atoms with van der Waals surface area (Å²) in [7, 11) is 4.06. The second kappa shape index (κ2) is 6.38. The van der Waals surface area contributed by atoms with E-state index in [1.54, 1.807) is 0 Å². The molecule has 0 saturated heterocycles. The summed E-state index contributed by atoms with van der Waals surface area (Å²) in [5.74, 6) is 0.927. The first-order valence-corrected chi connectivity index (χ1v) is 5.77. The molecule has 0 saturated carbocycles. The van der Waals surface area contributed by atoms with E-state index >= 15 is 0 Å². The van der Waals surface area contributed by atoms with Gasteiger partial charge in [0.2, 0.25) is 0 Å². The molecular weight excluding hydrogens is 200 g/mol. The van der Waals surface area contributed by atoms with Crippen LogP contribution in [0.3, 0.4) is 0 Å². The Morgan fingerprint density at radius 2 is 2.12 bits per heavy atom. The molecule has 1 aromatic carbocycles. The van der Waals surface area contributed by atoms with Crippen LogP contribution in [0.2, 0.25) is 0 Å². The van der Waals surface area contributed by atoms with Crippen LogP contribution in [0.15, 0.2) is 24.3 Å². The van der Waals surface area contributed by atoms with Crippen LogP contribution in [0.4, 0.5) is 5.69 Å². The van der Waals surface area contributed by atoms with Crippen LogP contribution in [0.1, 0.15) is 13.8 Å². The maximum absolute atomic E-state index is 5.72. The SMILES string of the molecule is CCNC(C)COc1cccc(N(C)C)c1. The van der Waals surface area contributed by atoms with Crippen molar-refractivity contribution < 1.29 is 4.74 Å². The maximum atomic E-state index is 5.72. The molecule has 0 amide bonds. The molecular formula is C13H22N2O. The molecule has 3 heteroatoms. The Morgan fingerprint density at radius 3 is 2.75 bits per heavy atom. The smallest absolute Gasteiger partial charge is 0.121 e. The van der Waals surface area contributed by atoms with Crippen LogP contribution in [0.5, 0.6) is 5.75 Å². The fourth-order valence-corrected chi connectivity index (χ4v) is 1.48. The number of hydrogen-bond acceptors (Lipinski definition) is 3. The van der Waals surface area contributed by atoms with Crippen molar-refractivity contribution in [1.82, 2.24) is 5.32 Å². The van der Waals surface area contributed by atoms with Gasteiger partial charge in [0.25, 0.3) is 0 Å². The molecule has 0 aliphatic rings. The predicted octanol–water partition coefficient (Wildman–Crippen LogP) is 2.13. The third kappa shape index (κ3) is 4.11. The monoisotopic (exact) mass is 222 g/mol. The predicted molar refractivity (Wildman–Crippen MR) is 69.4 cm³/mol. The summed E-state index contributed by atoms with van der Waals surface area (Å²) in [6.07, 6.45) is 0. The minimum absolute atomic E-state index is 0.382. The first kappa shape index (κ1) is 12.8.